The zero-order valence-electron chi connectivity index (χ0n) is 35.7. The van der Waals surface area contributed by atoms with Crippen LogP contribution in [0.5, 0.6) is 0 Å². The molecular weight excluding hydrogens is 701 g/mol. The molecule has 0 aromatic carbocycles. The molecule has 0 aliphatic carbocycles. The first kappa shape index (κ1) is 52.5. The maximum absolute atomic E-state index is 12.7. The molecule has 10 heteroatoms. The van der Waals surface area contributed by atoms with Gasteiger partial charge in [0.05, 0.1) is 27.7 Å². The van der Waals surface area contributed by atoms with Crippen molar-refractivity contribution in [1.29, 1.82) is 0 Å². The van der Waals surface area contributed by atoms with Crippen LogP contribution in [0.1, 0.15) is 194 Å². The third-order valence-electron chi connectivity index (χ3n) is 9.45. The monoisotopic (exact) mass is 787 g/mol. The van der Waals surface area contributed by atoms with E-state index in [2.05, 4.69) is 38.2 Å². The van der Waals surface area contributed by atoms with Crippen molar-refractivity contribution >= 4 is 19.8 Å². The van der Waals surface area contributed by atoms with Crippen LogP contribution in [0, 0.1) is 0 Å². The molecule has 0 aliphatic rings. The Morgan fingerprint density at radius 1 is 0.556 bits per heavy atom. The number of allylic oxidation sites excluding steroid dienone is 4. The predicted molar refractivity (Wildman–Crippen MR) is 224 cm³/mol. The summed E-state index contributed by atoms with van der Waals surface area (Å²) in [6.07, 6.45) is 39.5. The number of phosphoric ester groups is 1. The van der Waals surface area contributed by atoms with Gasteiger partial charge in [0.2, 0.25) is 0 Å². The van der Waals surface area contributed by atoms with Crippen LogP contribution in [0.25, 0.3) is 0 Å². The average molecular weight is 787 g/mol. The molecule has 0 bridgehead atoms. The normalized spacial score (nSPS) is 13.8. The van der Waals surface area contributed by atoms with Gasteiger partial charge in [-0.25, -0.2) is 4.57 Å². The molecule has 318 valence electrons. The summed E-state index contributed by atoms with van der Waals surface area (Å²) in [5.41, 5.74) is 0. The van der Waals surface area contributed by atoms with Crippen molar-refractivity contribution in [2.24, 2.45) is 0 Å². The average Bonchev–Trinajstić information content (AvgIpc) is 3.12. The van der Waals surface area contributed by atoms with Gasteiger partial charge in [-0.1, -0.05) is 154 Å². The second kappa shape index (κ2) is 37.1. The summed E-state index contributed by atoms with van der Waals surface area (Å²) < 4.78 is 34.2. The molecule has 0 radical (unpaired) electrons. The Kier molecular flexibility index (Phi) is 36.1. The van der Waals surface area contributed by atoms with E-state index in [1.165, 1.54) is 128 Å². The van der Waals surface area contributed by atoms with Gasteiger partial charge in [0.1, 0.15) is 19.8 Å². The van der Waals surface area contributed by atoms with Gasteiger partial charge in [0.25, 0.3) is 0 Å². The molecule has 9 nitrogen and oxygen atoms in total. The van der Waals surface area contributed by atoms with E-state index in [0.29, 0.717) is 23.9 Å². The van der Waals surface area contributed by atoms with Gasteiger partial charge < -0.3 is 18.9 Å². The fourth-order valence-corrected chi connectivity index (χ4v) is 6.70. The fourth-order valence-electron chi connectivity index (χ4n) is 5.96. The van der Waals surface area contributed by atoms with Crippen molar-refractivity contribution in [3.8, 4) is 0 Å². The van der Waals surface area contributed by atoms with Crippen LogP contribution in [-0.2, 0) is 32.7 Å². The zero-order valence-corrected chi connectivity index (χ0v) is 36.6. The number of hydrogen-bond acceptors (Lipinski definition) is 7. The van der Waals surface area contributed by atoms with Gasteiger partial charge in [-0.2, -0.15) is 0 Å². The van der Waals surface area contributed by atoms with Crippen LogP contribution >= 0.6 is 7.82 Å². The highest BCUT2D eigenvalue weighted by Crippen LogP contribution is 2.43. The quantitative estimate of drug-likeness (QED) is 0.0215. The summed E-state index contributed by atoms with van der Waals surface area (Å²) in [6, 6.07) is 0. The van der Waals surface area contributed by atoms with Gasteiger partial charge in [0, 0.05) is 12.8 Å². The number of rotatable bonds is 40. The lowest BCUT2D eigenvalue weighted by Crippen LogP contribution is -2.37. The highest BCUT2D eigenvalue weighted by atomic mass is 31.2. The van der Waals surface area contributed by atoms with E-state index in [0.717, 1.165) is 25.7 Å². The maximum atomic E-state index is 12.7. The van der Waals surface area contributed by atoms with Crippen LogP contribution < -0.4 is 0 Å². The summed E-state index contributed by atoms with van der Waals surface area (Å²) in [7, 11) is 1.45. The van der Waals surface area contributed by atoms with Crippen LogP contribution in [0.4, 0.5) is 0 Å². The smallest absolute Gasteiger partial charge is 0.462 e. The number of hydrogen-bond donors (Lipinski definition) is 1. The molecule has 0 aromatic rings. The first-order valence-electron chi connectivity index (χ1n) is 22.1. The van der Waals surface area contributed by atoms with Crippen LogP contribution in [0.3, 0.4) is 0 Å². The Morgan fingerprint density at radius 2 is 0.944 bits per heavy atom. The van der Waals surface area contributed by atoms with Gasteiger partial charge in [-0.05, 0) is 51.4 Å². The van der Waals surface area contributed by atoms with Crippen molar-refractivity contribution < 1.29 is 42.1 Å². The molecule has 0 heterocycles. The molecule has 0 rings (SSSR count). The fraction of sp³-hybridized carbons (Fsp3) is 0.864. The van der Waals surface area contributed by atoms with E-state index in [1.807, 2.05) is 21.1 Å². The predicted octanol–water partition coefficient (Wildman–Crippen LogP) is 12.4. The highest BCUT2D eigenvalue weighted by molar-refractivity contribution is 7.47. The molecule has 0 fully saturated rings. The third-order valence-corrected chi connectivity index (χ3v) is 10.4. The third kappa shape index (κ3) is 40.2. The molecule has 0 aromatic heterocycles. The van der Waals surface area contributed by atoms with Crippen molar-refractivity contribution in [3.63, 3.8) is 0 Å². The molecule has 1 N–H and O–H groups in total. The molecule has 0 saturated carbocycles. The minimum atomic E-state index is -4.38. The number of ether oxygens (including phenoxy) is 2. The number of quaternary nitrogens is 1. The van der Waals surface area contributed by atoms with E-state index in [9.17, 15) is 19.0 Å². The minimum Gasteiger partial charge on any atom is -0.462 e. The summed E-state index contributed by atoms with van der Waals surface area (Å²) >= 11 is 0. The maximum Gasteiger partial charge on any atom is 0.472 e. The lowest BCUT2D eigenvalue weighted by Gasteiger charge is -2.24. The largest absolute Gasteiger partial charge is 0.472 e. The van der Waals surface area contributed by atoms with Crippen LogP contribution in [0.2, 0.25) is 0 Å². The van der Waals surface area contributed by atoms with Crippen LogP contribution in [-0.4, -0.2) is 74.9 Å². The van der Waals surface area contributed by atoms with Gasteiger partial charge in [-0.15, -0.1) is 0 Å². The van der Waals surface area contributed by atoms with E-state index in [1.54, 1.807) is 0 Å². The first-order valence-corrected chi connectivity index (χ1v) is 23.6. The Morgan fingerprint density at radius 3 is 1.37 bits per heavy atom. The second-order valence-electron chi connectivity index (χ2n) is 16.1. The molecule has 0 amide bonds. The van der Waals surface area contributed by atoms with E-state index < -0.39 is 32.5 Å². The minimum absolute atomic E-state index is 0.0249. The first-order chi connectivity index (χ1) is 26.0. The van der Waals surface area contributed by atoms with E-state index in [-0.39, 0.29) is 26.1 Å². The Labute approximate surface area is 332 Å². The lowest BCUT2D eigenvalue weighted by molar-refractivity contribution is -0.870. The molecule has 0 spiro atoms. The summed E-state index contributed by atoms with van der Waals surface area (Å²) in [4.78, 5) is 35.3. The van der Waals surface area contributed by atoms with E-state index in [4.69, 9.17) is 18.5 Å². The number of carbonyl (C=O) groups is 2. The molecular formula is C44H85NO8P+. The number of esters is 2. The number of nitrogens with zero attached hydrogens (tertiary/aromatic N) is 1. The number of phosphoric acid groups is 1. The van der Waals surface area contributed by atoms with Crippen LogP contribution in [0.15, 0.2) is 24.3 Å². The number of likely N-dealkylation sites (N-methyl/N-ethyl adjacent to an activating group) is 1. The number of carbonyl (C=O) groups excluding carboxylic acids is 2. The van der Waals surface area contributed by atoms with Crippen molar-refractivity contribution in [1.82, 2.24) is 0 Å². The highest BCUT2D eigenvalue weighted by Gasteiger charge is 2.27. The SMILES string of the molecule is CCCCCCCCCCCC/C=C\CCCC(=O)OC[C@H](COP(=O)(O)OCC[N+](C)(C)C)OC(=O)CCC/C=C\CCCCCCCCCCCC. The molecule has 54 heavy (non-hydrogen) atoms. The van der Waals surface area contributed by atoms with Crippen molar-refractivity contribution in [3.05, 3.63) is 24.3 Å². The lowest BCUT2D eigenvalue weighted by atomic mass is 10.1. The topological polar surface area (TPSA) is 108 Å². The van der Waals surface area contributed by atoms with E-state index >= 15 is 0 Å². The molecule has 0 aliphatic heterocycles. The summed E-state index contributed by atoms with van der Waals surface area (Å²) in [6.45, 7) is 4.37. The molecule has 2 atom stereocenters. The summed E-state index contributed by atoms with van der Waals surface area (Å²) in [5.74, 6) is -0.868. The molecule has 0 saturated heterocycles. The zero-order chi connectivity index (χ0) is 40.0. The Bertz CT molecular complexity index is 980. The Balaban J connectivity index is 4.42. The van der Waals surface area contributed by atoms with Crippen molar-refractivity contribution in [2.45, 2.75) is 200 Å². The number of unbranched alkanes of at least 4 members (excludes halogenated alkanes) is 22. The molecule has 1 unspecified atom stereocenters. The van der Waals surface area contributed by atoms with Crippen molar-refractivity contribution in [2.75, 3.05) is 47.5 Å². The van der Waals surface area contributed by atoms with Gasteiger partial charge >= 0.3 is 19.8 Å². The summed E-state index contributed by atoms with van der Waals surface area (Å²) in [5, 5.41) is 0. The van der Waals surface area contributed by atoms with Gasteiger partial charge in [0.15, 0.2) is 6.10 Å². The van der Waals surface area contributed by atoms with Gasteiger partial charge in [-0.3, -0.25) is 18.6 Å². The standard InChI is InChI=1S/C44H84NO8P/c1-6-8-10-12-14-16-18-20-22-24-26-28-30-32-34-36-43(46)50-40-42(41-52-54(48,49)51-39-38-45(3,4)5)53-44(47)37-35-33-31-29-27-25-23-21-19-17-15-13-11-9-7-2/h28-31,42H,6-27,32-41H2,1-5H3/p+1/b30-28-,31-29-/t42-/m1/s1. The second-order valence-corrected chi connectivity index (χ2v) is 17.5. The Hall–Kier alpha value is -1.51.